The maximum absolute atomic E-state index is 10.7. The highest BCUT2D eigenvalue weighted by Gasteiger charge is 2.34. The van der Waals surface area contributed by atoms with Gasteiger partial charge in [0.1, 0.15) is 5.60 Å². The van der Waals surface area contributed by atoms with E-state index in [0.717, 1.165) is 16.6 Å². The largest absolute Gasteiger partial charge is 0.384 e. The molecule has 1 aromatic rings. The average Bonchev–Trinajstić information content (AvgIpc) is 2.63. The van der Waals surface area contributed by atoms with Crippen molar-refractivity contribution in [3.8, 4) is 0 Å². The minimum atomic E-state index is -0.825. The SMILES string of the molecule is COCCn1ncc(Br)c1C(C)(O)CC1CCC1. The summed E-state index contributed by atoms with van der Waals surface area (Å²) in [6.45, 7) is 3.15. The molecule has 0 spiro atoms. The minimum Gasteiger partial charge on any atom is -0.384 e. The van der Waals surface area contributed by atoms with Crippen LogP contribution in [0.2, 0.25) is 0 Å². The lowest BCUT2D eigenvalue weighted by molar-refractivity contribution is 0.00656. The van der Waals surface area contributed by atoms with E-state index in [1.165, 1.54) is 19.3 Å². The Morgan fingerprint density at radius 2 is 2.33 bits per heavy atom. The van der Waals surface area contributed by atoms with Crippen LogP contribution < -0.4 is 0 Å². The minimum absolute atomic E-state index is 0.598. The number of rotatable bonds is 6. The van der Waals surface area contributed by atoms with Crippen molar-refractivity contribution in [1.82, 2.24) is 9.78 Å². The van der Waals surface area contributed by atoms with Crippen molar-refractivity contribution in [2.24, 2.45) is 5.92 Å². The molecule has 2 rings (SSSR count). The first-order valence-electron chi connectivity index (χ1n) is 6.47. The summed E-state index contributed by atoms with van der Waals surface area (Å²) in [5, 5.41) is 15.0. The molecule has 0 aliphatic heterocycles. The molecular formula is C13H21BrN2O2. The smallest absolute Gasteiger partial charge is 0.105 e. The Hall–Kier alpha value is -0.390. The summed E-state index contributed by atoms with van der Waals surface area (Å²) >= 11 is 3.49. The Morgan fingerprint density at radius 1 is 1.61 bits per heavy atom. The summed E-state index contributed by atoms with van der Waals surface area (Å²) in [6.07, 6.45) is 6.33. The second-order valence-electron chi connectivity index (χ2n) is 5.33. The van der Waals surface area contributed by atoms with Gasteiger partial charge in [-0.15, -0.1) is 0 Å². The molecule has 0 aromatic carbocycles. The standard InChI is InChI=1S/C13H21BrN2O2/c1-13(17,8-10-4-3-5-10)12-11(14)9-15-16(12)6-7-18-2/h9-10,17H,3-8H2,1-2H3. The van der Waals surface area contributed by atoms with Crippen molar-refractivity contribution >= 4 is 15.9 Å². The average molecular weight is 317 g/mol. The molecule has 1 aliphatic rings. The quantitative estimate of drug-likeness (QED) is 0.877. The van der Waals surface area contributed by atoms with E-state index in [2.05, 4.69) is 21.0 Å². The maximum atomic E-state index is 10.7. The third-order valence-corrected chi connectivity index (χ3v) is 4.30. The van der Waals surface area contributed by atoms with Gasteiger partial charge in [0.05, 0.1) is 29.5 Å². The molecule has 18 heavy (non-hydrogen) atoms. The third-order valence-electron chi connectivity index (χ3n) is 3.72. The van der Waals surface area contributed by atoms with Gasteiger partial charge in [0.15, 0.2) is 0 Å². The highest BCUT2D eigenvalue weighted by atomic mass is 79.9. The summed E-state index contributed by atoms with van der Waals surface area (Å²) in [7, 11) is 1.67. The fourth-order valence-electron chi connectivity index (χ4n) is 2.60. The molecule has 0 saturated heterocycles. The predicted octanol–water partition coefficient (Wildman–Crippen LogP) is 2.69. The van der Waals surface area contributed by atoms with Crippen LogP contribution in [0.25, 0.3) is 0 Å². The van der Waals surface area contributed by atoms with Crippen LogP contribution in [0.1, 0.15) is 38.3 Å². The van der Waals surface area contributed by atoms with Crippen molar-refractivity contribution in [1.29, 1.82) is 0 Å². The molecule has 1 saturated carbocycles. The van der Waals surface area contributed by atoms with Crippen LogP contribution in [0.5, 0.6) is 0 Å². The van der Waals surface area contributed by atoms with E-state index >= 15 is 0 Å². The zero-order chi connectivity index (χ0) is 13.2. The summed E-state index contributed by atoms with van der Waals surface area (Å²) in [5.74, 6) is 0.651. The van der Waals surface area contributed by atoms with Crippen molar-refractivity contribution < 1.29 is 9.84 Å². The van der Waals surface area contributed by atoms with E-state index in [9.17, 15) is 5.11 Å². The molecule has 1 aliphatic carbocycles. The van der Waals surface area contributed by atoms with Gasteiger partial charge in [-0.05, 0) is 35.2 Å². The summed E-state index contributed by atoms with van der Waals surface area (Å²) < 4.78 is 7.80. The first kappa shape index (κ1) is 14.0. The zero-order valence-corrected chi connectivity index (χ0v) is 12.6. The molecular weight excluding hydrogens is 296 g/mol. The maximum Gasteiger partial charge on any atom is 0.105 e. The normalized spacial score (nSPS) is 19.6. The summed E-state index contributed by atoms with van der Waals surface area (Å²) in [6, 6.07) is 0. The second kappa shape index (κ2) is 5.72. The Balaban J connectivity index is 2.15. The van der Waals surface area contributed by atoms with Crippen LogP contribution in [0.4, 0.5) is 0 Å². The predicted molar refractivity (Wildman–Crippen MR) is 73.3 cm³/mol. The Bertz CT molecular complexity index is 400. The van der Waals surface area contributed by atoms with Crippen LogP contribution in [-0.4, -0.2) is 28.6 Å². The lowest BCUT2D eigenvalue weighted by Gasteiger charge is -2.34. The first-order chi connectivity index (χ1) is 8.54. The number of aliphatic hydroxyl groups is 1. The van der Waals surface area contributed by atoms with Gasteiger partial charge in [0.2, 0.25) is 0 Å². The van der Waals surface area contributed by atoms with E-state index in [1.807, 2.05) is 11.6 Å². The molecule has 1 N–H and O–H groups in total. The summed E-state index contributed by atoms with van der Waals surface area (Å²) in [5.41, 5.74) is 0.0418. The number of hydrogen-bond donors (Lipinski definition) is 1. The number of halogens is 1. The van der Waals surface area contributed by atoms with Crippen molar-refractivity contribution in [2.75, 3.05) is 13.7 Å². The molecule has 1 fully saturated rings. The van der Waals surface area contributed by atoms with Gasteiger partial charge in [-0.2, -0.15) is 5.10 Å². The van der Waals surface area contributed by atoms with Gasteiger partial charge in [0, 0.05) is 7.11 Å². The molecule has 102 valence electrons. The zero-order valence-electron chi connectivity index (χ0n) is 11.0. The van der Waals surface area contributed by atoms with Crippen LogP contribution in [-0.2, 0) is 16.9 Å². The van der Waals surface area contributed by atoms with Crippen molar-refractivity contribution in [3.05, 3.63) is 16.4 Å². The Labute approximate surface area is 116 Å². The number of ether oxygens (including phenoxy) is 1. The molecule has 0 bridgehead atoms. The van der Waals surface area contributed by atoms with Gasteiger partial charge in [0.25, 0.3) is 0 Å². The summed E-state index contributed by atoms with van der Waals surface area (Å²) in [4.78, 5) is 0. The highest BCUT2D eigenvalue weighted by Crippen LogP contribution is 2.39. The lowest BCUT2D eigenvalue weighted by atomic mass is 9.77. The van der Waals surface area contributed by atoms with E-state index in [-0.39, 0.29) is 0 Å². The molecule has 4 nitrogen and oxygen atoms in total. The van der Waals surface area contributed by atoms with Gasteiger partial charge in [-0.1, -0.05) is 19.3 Å². The van der Waals surface area contributed by atoms with Gasteiger partial charge in [-0.3, -0.25) is 4.68 Å². The molecule has 1 aromatic heterocycles. The third kappa shape index (κ3) is 2.95. The van der Waals surface area contributed by atoms with Gasteiger partial charge in [-0.25, -0.2) is 0 Å². The molecule has 0 radical (unpaired) electrons. The van der Waals surface area contributed by atoms with Gasteiger partial charge < -0.3 is 9.84 Å². The number of nitrogens with zero attached hydrogens (tertiary/aromatic N) is 2. The first-order valence-corrected chi connectivity index (χ1v) is 7.27. The van der Waals surface area contributed by atoms with Crippen LogP contribution >= 0.6 is 15.9 Å². The Morgan fingerprint density at radius 3 is 2.89 bits per heavy atom. The lowest BCUT2D eigenvalue weighted by Crippen LogP contribution is -2.31. The van der Waals surface area contributed by atoms with E-state index in [1.54, 1.807) is 13.3 Å². The molecule has 1 atom stereocenters. The van der Waals surface area contributed by atoms with E-state index in [0.29, 0.717) is 19.1 Å². The fraction of sp³-hybridized carbons (Fsp3) is 0.769. The monoisotopic (exact) mass is 316 g/mol. The second-order valence-corrected chi connectivity index (χ2v) is 6.19. The molecule has 1 unspecified atom stereocenters. The van der Waals surface area contributed by atoms with Crippen LogP contribution in [0.3, 0.4) is 0 Å². The van der Waals surface area contributed by atoms with Crippen LogP contribution in [0.15, 0.2) is 10.7 Å². The van der Waals surface area contributed by atoms with Crippen LogP contribution in [0, 0.1) is 5.92 Å². The molecule has 0 amide bonds. The Kier molecular flexibility index (Phi) is 4.45. The number of aromatic nitrogens is 2. The van der Waals surface area contributed by atoms with E-state index < -0.39 is 5.60 Å². The highest BCUT2D eigenvalue weighted by molar-refractivity contribution is 9.10. The molecule has 1 heterocycles. The fourth-order valence-corrected chi connectivity index (χ4v) is 3.32. The number of hydrogen-bond acceptors (Lipinski definition) is 3. The van der Waals surface area contributed by atoms with Gasteiger partial charge >= 0.3 is 0 Å². The number of methoxy groups -OCH3 is 1. The molecule has 5 heteroatoms. The van der Waals surface area contributed by atoms with Crippen molar-refractivity contribution in [2.45, 2.75) is 44.8 Å². The van der Waals surface area contributed by atoms with E-state index in [4.69, 9.17) is 4.74 Å². The topological polar surface area (TPSA) is 47.3 Å². The van der Waals surface area contributed by atoms with Crippen molar-refractivity contribution in [3.63, 3.8) is 0 Å².